The minimum atomic E-state index is -0.679. The van der Waals surface area contributed by atoms with Gasteiger partial charge in [0.25, 0.3) is 0 Å². The second-order valence-electron chi connectivity index (χ2n) is 5.52. The summed E-state index contributed by atoms with van der Waals surface area (Å²) < 4.78 is 11.1. The molecule has 0 saturated carbocycles. The van der Waals surface area contributed by atoms with Gasteiger partial charge in [-0.25, -0.2) is 4.79 Å². The van der Waals surface area contributed by atoms with E-state index in [2.05, 4.69) is 4.79 Å². The summed E-state index contributed by atoms with van der Waals surface area (Å²) in [5.74, 6) is 0.105. The number of hydrogen-bond donors (Lipinski definition) is 0. The van der Waals surface area contributed by atoms with E-state index >= 15 is 0 Å². The van der Waals surface area contributed by atoms with E-state index in [4.69, 9.17) is 15.0 Å². The normalized spacial score (nSPS) is 12.6. The molecule has 2 aromatic rings. The smallest absolute Gasteiger partial charge is 0.413 e. The van der Waals surface area contributed by atoms with Crippen LogP contribution in [0.5, 0.6) is 5.75 Å². The van der Waals surface area contributed by atoms with E-state index in [0.717, 1.165) is 23.1 Å². The molecule has 24 heavy (non-hydrogen) atoms. The number of ether oxygens (including phenoxy) is 2. The van der Waals surface area contributed by atoms with Crippen LogP contribution < -0.4 is 4.74 Å². The monoisotopic (exact) mass is 324 g/mol. The fourth-order valence-electron chi connectivity index (χ4n) is 2.48. The Balaban J connectivity index is 2.03. The fraction of sp³-hybridized carbons (Fsp3) is 0.263. The van der Waals surface area contributed by atoms with Crippen molar-refractivity contribution in [3.05, 3.63) is 60.1 Å². The Morgan fingerprint density at radius 2 is 1.75 bits per heavy atom. The zero-order chi connectivity index (χ0) is 17.4. The molecule has 2 atom stereocenters. The number of para-hydroxylation sites is 1. The van der Waals surface area contributed by atoms with E-state index in [9.17, 15) is 4.79 Å². The number of carbonyl (C=O) groups is 1. The van der Waals surface area contributed by atoms with Gasteiger partial charge in [-0.15, -0.1) is 0 Å². The van der Waals surface area contributed by atoms with Crippen LogP contribution in [0.3, 0.4) is 0 Å². The fourth-order valence-corrected chi connectivity index (χ4v) is 2.48. The second-order valence-corrected chi connectivity index (χ2v) is 5.52. The molecule has 0 N–H and O–H groups in total. The zero-order valence-corrected chi connectivity index (χ0v) is 13.8. The maximum absolute atomic E-state index is 11.3. The van der Waals surface area contributed by atoms with Crippen molar-refractivity contribution in [2.24, 2.45) is 0 Å². The molecular weight excluding hydrogens is 304 g/mol. The van der Waals surface area contributed by atoms with Gasteiger partial charge >= 0.3 is 12.2 Å². The zero-order valence-electron chi connectivity index (χ0n) is 13.8. The third-order valence-electron chi connectivity index (χ3n) is 3.44. The molecule has 2 aromatic carbocycles. The van der Waals surface area contributed by atoms with Crippen LogP contribution >= 0.6 is 0 Å². The van der Waals surface area contributed by atoms with Gasteiger partial charge < -0.3 is 15.0 Å². The number of hydrogen-bond acceptors (Lipinski definition) is 3. The van der Waals surface area contributed by atoms with Gasteiger partial charge in [0.05, 0.1) is 6.10 Å². The van der Waals surface area contributed by atoms with Crippen molar-refractivity contribution in [2.75, 3.05) is 0 Å². The number of rotatable bonds is 7. The Hall–Kier alpha value is -2.91. The third-order valence-corrected chi connectivity index (χ3v) is 3.44. The van der Waals surface area contributed by atoms with Gasteiger partial charge in [0.2, 0.25) is 0 Å². The van der Waals surface area contributed by atoms with Gasteiger partial charge in [0.1, 0.15) is 11.9 Å². The first-order chi connectivity index (χ1) is 11.6. The summed E-state index contributed by atoms with van der Waals surface area (Å²) in [6.45, 7) is 3.69. The molecule has 5 nitrogen and oxygen atoms in total. The Morgan fingerprint density at radius 1 is 1.08 bits per heavy atom. The van der Waals surface area contributed by atoms with E-state index in [1.54, 1.807) is 6.92 Å². The molecule has 0 aliphatic rings. The van der Waals surface area contributed by atoms with Gasteiger partial charge in [-0.3, -0.25) is 0 Å². The van der Waals surface area contributed by atoms with Gasteiger partial charge in [-0.2, -0.15) is 4.79 Å². The van der Waals surface area contributed by atoms with Crippen molar-refractivity contribution in [1.82, 2.24) is 0 Å². The molecule has 5 heteroatoms. The minimum Gasteiger partial charge on any atom is -0.490 e. The Morgan fingerprint density at radius 3 is 2.46 bits per heavy atom. The average molecular weight is 324 g/mol. The molecule has 0 fully saturated rings. The Labute approximate surface area is 141 Å². The highest BCUT2D eigenvalue weighted by Crippen LogP contribution is 2.30. The van der Waals surface area contributed by atoms with Crippen molar-refractivity contribution in [1.29, 1.82) is 0 Å². The molecule has 0 spiro atoms. The maximum Gasteiger partial charge on any atom is 0.413 e. The second kappa shape index (κ2) is 8.65. The molecule has 0 bridgehead atoms. The first-order valence-electron chi connectivity index (χ1n) is 7.79. The quantitative estimate of drug-likeness (QED) is 0.337. The van der Waals surface area contributed by atoms with E-state index in [1.807, 2.05) is 61.5 Å². The molecule has 0 amide bonds. The topological polar surface area (TPSA) is 71.9 Å². The molecule has 2 rings (SSSR count). The number of nitrogens with zero attached hydrogens (tertiary/aromatic N) is 2. The lowest BCUT2D eigenvalue weighted by Gasteiger charge is -2.20. The van der Waals surface area contributed by atoms with Gasteiger partial charge in [0, 0.05) is 12.0 Å². The van der Waals surface area contributed by atoms with E-state index in [1.165, 1.54) is 0 Å². The first-order valence-corrected chi connectivity index (χ1v) is 7.79. The lowest BCUT2D eigenvalue weighted by molar-refractivity contribution is -0.144. The summed E-state index contributed by atoms with van der Waals surface area (Å²) in [6, 6.07) is 17.8. The van der Waals surface area contributed by atoms with Crippen molar-refractivity contribution in [2.45, 2.75) is 32.5 Å². The summed E-state index contributed by atoms with van der Waals surface area (Å²) in [4.78, 5) is 13.9. The van der Waals surface area contributed by atoms with E-state index < -0.39 is 5.97 Å². The van der Waals surface area contributed by atoms with Crippen LogP contribution in [0.15, 0.2) is 54.6 Å². The summed E-state index contributed by atoms with van der Waals surface area (Å²) in [5.41, 5.74) is 10.4. The lowest BCUT2D eigenvalue weighted by Crippen LogP contribution is -2.23. The van der Waals surface area contributed by atoms with Gasteiger partial charge in [-0.1, -0.05) is 48.5 Å². The highest BCUT2D eigenvalue weighted by atomic mass is 16.5. The Bertz CT molecular complexity index is 724. The molecular formula is C19H20N2O3. The number of benzene rings is 2. The first kappa shape index (κ1) is 17.4. The molecule has 0 aliphatic carbocycles. The lowest BCUT2D eigenvalue weighted by atomic mass is 10.0. The summed E-state index contributed by atoms with van der Waals surface area (Å²) in [5, 5.41) is 0. The number of esters is 1. The van der Waals surface area contributed by atoms with Gasteiger partial charge in [-0.05, 0) is 25.5 Å². The SMILES string of the molecule is C[C@@H](C[C@H](C)Oc1ccccc1-c1ccccc1)OC(=O)C=[N+]=[N-]. The molecule has 0 aliphatic heterocycles. The molecule has 0 radical (unpaired) electrons. The van der Waals surface area contributed by atoms with Crippen molar-refractivity contribution < 1.29 is 19.1 Å². The van der Waals surface area contributed by atoms with Crippen LogP contribution in [0.2, 0.25) is 0 Å². The highest BCUT2D eigenvalue weighted by Gasteiger charge is 2.16. The standard InChI is InChI=1S/C19H20N2O3/c1-14(12-15(2)24-19(22)13-21-20)23-18-11-7-6-10-17(18)16-8-4-3-5-9-16/h3-11,13-15H,12H2,1-2H3/t14-,15-/m0/s1. The van der Waals surface area contributed by atoms with Crippen LogP contribution in [0.4, 0.5) is 0 Å². The minimum absolute atomic E-state index is 0.149. The van der Waals surface area contributed by atoms with Crippen molar-refractivity contribution in [3.8, 4) is 16.9 Å². The van der Waals surface area contributed by atoms with E-state index in [-0.39, 0.29) is 12.2 Å². The third kappa shape index (κ3) is 5.07. The van der Waals surface area contributed by atoms with Crippen molar-refractivity contribution in [3.63, 3.8) is 0 Å². The van der Waals surface area contributed by atoms with Crippen LogP contribution in [0.25, 0.3) is 16.7 Å². The summed E-state index contributed by atoms with van der Waals surface area (Å²) >= 11 is 0. The molecule has 0 aromatic heterocycles. The van der Waals surface area contributed by atoms with Crippen LogP contribution in [-0.2, 0) is 9.53 Å². The number of carbonyl (C=O) groups excluding carboxylic acids is 1. The van der Waals surface area contributed by atoms with Crippen LogP contribution in [-0.4, -0.2) is 29.2 Å². The highest BCUT2D eigenvalue weighted by molar-refractivity contribution is 6.20. The Kier molecular flexibility index (Phi) is 6.29. The van der Waals surface area contributed by atoms with Crippen LogP contribution in [0, 0.1) is 0 Å². The average Bonchev–Trinajstić information content (AvgIpc) is 2.56. The van der Waals surface area contributed by atoms with E-state index in [0.29, 0.717) is 6.42 Å². The largest absolute Gasteiger partial charge is 0.490 e. The summed E-state index contributed by atoms with van der Waals surface area (Å²) in [6.07, 6.45) is 0.749. The molecule has 0 heterocycles. The maximum atomic E-state index is 11.3. The van der Waals surface area contributed by atoms with Crippen LogP contribution in [0.1, 0.15) is 20.3 Å². The molecule has 124 valence electrons. The predicted molar refractivity (Wildman–Crippen MR) is 91.8 cm³/mol. The molecule has 0 unspecified atom stereocenters. The van der Waals surface area contributed by atoms with Crippen molar-refractivity contribution >= 4 is 12.2 Å². The van der Waals surface area contributed by atoms with Gasteiger partial charge in [0.15, 0.2) is 0 Å². The summed E-state index contributed by atoms with van der Waals surface area (Å²) in [7, 11) is 0. The molecule has 0 saturated heterocycles. The predicted octanol–water partition coefficient (Wildman–Crippen LogP) is 3.74.